The number of unbranched alkanes of at least 4 members (excludes halogenated alkanes) is 25. The molecular formula is C36H75NO4. The van der Waals surface area contributed by atoms with Crippen LogP contribution in [0.25, 0.3) is 0 Å². The predicted octanol–water partition coefficient (Wildman–Crippen LogP) is 10.3. The minimum atomic E-state index is -0.657. The van der Waals surface area contributed by atoms with Gasteiger partial charge in [-0.15, -0.1) is 0 Å². The Balaban J connectivity index is 0. The zero-order valence-electron chi connectivity index (χ0n) is 28.0. The van der Waals surface area contributed by atoms with E-state index in [1.54, 1.807) is 0 Å². The number of carboxylic acids is 1. The van der Waals surface area contributed by atoms with Gasteiger partial charge < -0.3 is 15.3 Å². The highest BCUT2D eigenvalue weighted by Gasteiger charge is 2.02. The largest absolute Gasteiger partial charge is 0.481 e. The van der Waals surface area contributed by atoms with Gasteiger partial charge in [-0.3, -0.25) is 9.69 Å². The third kappa shape index (κ3) is 41.5. The van der Waals surface area contributed by atoms with Crippen molar-refractivity contribution in [3.8, 4) is 0 Å². The second kappa shape index (κ2) is 39.4. The van der Waals surface area contributed by atoms with Crippen molar-refractivity contribution in [1.82, 2.24) is 4.90 Å². The van der Waals surface area contributed by atoms with E-state index in [1.165, 1.54) is 161 Å². The molecule has 0 heterocycles. The second-order valence-electron chi connectivity index (χ2n) is 12.3. The van der Waals surface area contributed by atoms with Crippen molar-refractivity contribution in [2.75, 3.05) is 32.8 Å². The molecule has 0 unspecified atom stereocenters. The van der Waals surface area contributed by atoms with E-state index < -0.39 is 5.97 Å². The molecule has 0 fully saturated rings. The maximum Gasteiger partial charge on any atom is 0.303 e. The lowest BCUT2D eigenvalue weighted by molar-refractivity contribution is -0.137. The molecule has 3 N–H and O–H groups in total. The number of nitrogens with zero attached hydrogens (tertiary/aromatic N) is 1. The summed E-state index contributed by atoms with van der Waals surface area (Å²) in [6, 6.07) is 0. The number of hydrogen-bond acceptors (Lipinski definition) is 4. The Morgan fingerprint density at radius 2 is 0.683 bits per heavy atom. The van der Waals surface area contributed by atoms with E-state index >= 15 is 0 Å². The molecule has 0 aromatic carbocycles. The molecule has 5 heteroatoms. The van der Waals surface area contributed by atoms with Crippen molar-refractivity contribution in [2.45, 2.75) is 194 Å². The standard InChI is InChI=1S/C22H47NO2.C14H28O2/c1-2-3-4-5-6-7-8-9-10-11-12-13-14-15-16-17-18-23(19-21-24)20-22-25;1-2-3-4-5-6-7-8-9-10-11-12-13-14(15)16/h24-25H,2-22H2,1H3;2-13H2,1H3,(H,15,16). The average Bonchev–Trinajstić information content (AvgIpc) is 2.96. The molecule has 0 saturated carbocycles. The van der Waals surface area contributed by atoms with Crippen LogP contribution in [0.15, 0.2) is 0 Å². The number of aliphatic carboxylic acids is 1. The molecule has 0 saturated heterocycles. The molecule has 0 amide bonds. The van der Waals surface area contributed by atoms with E-state index in [-0.39, 0.29) is 13.2 Å². The molecule has 0 atom stereocenters. The zero-order valence-corrected chi connectivity index (χ0v) is 28.0. The van der Waals surface area contributed by atoms with Crippen molar-refractivity contribution in [3.05, 3.63) is 0 Å². The molecule has 0 spiro atoms. The van der Waals surface area contributed by atoms with Crippen LogP contribution in [0.3, 0.4) is 0 Å². The zero-order chi connectivity index (χ0) is 30.5. The lowest BCUT2D eigenvalue weighted by Gasteiger charge is -2.19. The van der Waals surface area contributed by atoms with E-state index in [2.05, 4.69) is 18.7 Å². The number of aliphatic hydroxyl groups excluding tert-OH is 2. The number of hydrogen-bond donors (Lipinski definition) is 3. The highest BCUT2D eigenvalue weighted by molar-refractivity contribution is 5.66. The van der Waals surface area contributed by atoms with E-state index in [4.69, 9.17) is 15.3 Å². The Labute approximate surface area is 257 Å². The summed E-state index contributed by atoms with van der Waals surface area (Å²) in [5.41, 5.74) is 0. The smallest absolute Gasteiger partial charge is 0.303 e. The molecular weight excluding hydrogens is 510 g/mol. The van der Waals surface area contributed by atoms with Crippen LogP contribution in [0.1, 0.15) is 194 Å². The van der Waals surface area contributed by atoms with Gasteiger partial charge >= 0.3 is 5.97 Å². The Kier molecular flexibility index (Phi) is 40.8. The molecule has 0 aromatic rings. The highest BCUT2D eigenvalue weighted by atomic mass is 16.4. The third-order valence-corrected chi connectivity index (χ3v) is 8.15. The summed E-state index contributed by atoms with van der Waals surface area (Å²) >= 11 is 0. The van der Waals surface area contributed by atoms with Crippen LogP contribution >= 0.6 is 0 Å². The first-order chi connectivity index (χ1) is 20.1. The van der Waals surface area contributed by atoms with Crippen molar-refractivity contribution < 1.29 is 20.1 Å². The highest BCUT2D eigenvalue weighted by Crippen LogP contribution is 2.14. The van der Waals surface area contributed by atoms with E-state index in [0.717, 1.165) is 19.4 Å². The van der Waals surface area contributed by atoms with Crippen molar-refractivity contribution >= 4 is 5.97 Å². The van der Waals surface area contributed by atoms with Gasteiger partial charge in [0.15, 0.2) is 0 Å². The predicted molar refractivity (Wildman–Crippen MR) is 179 cm³/mol. The first-order valence-electron chi connectivity index (χ1n) is 18.3. The maximum atomic E-state index is 10.3. The third-order valence-electron chi connectivity index (χ3n) is 8.15. The van der Waals surface area contributed by atoms with E-state index in [9.17, 15) is 4.79 Å². The van der Waals surface area contributed by atoms with Crippen molar-refractivity contribution in [3.63, 3.8) is 0 Å². The monoisotopic (exact) mass is 586 g/mol. The average molecular weight is 586 g/mol. The summed E-state index contributed by atoms with van der Waals surface area (Å²) < 4.78 is 0. The van der Waals surface area contributed by atoms with Crippen LogP contribution < -0.4 is 0 Å². The van der Waals surface area contributed by atoms with Gasteiger partial charge in [0.25, 0.3) is 0 Å². The van der Waals surface area contributed by atoms with Gasteiger partial charge in [-0.05, 0) is 19.4 Å². The minimum absolute atomic E-state index is 0.193. The van der Waals surface area contributed by atoms with Gasteiger partial charge in [0.2, 0.25) is 0 Å². The fraction of sp³-hybridized carbons (Fsp3) is 0.972. The molecule has 0 aliphatic heterocycles. The van der Waals surface area contributed by atoms with Gasteiger partial charge in [-0.1, -0.05) is 174 Å². The van der Waals surface area contributed by atoms with Crippen LogP contribution in [-0.2, 0) is 4.79 Å². The molecule has 0 aliphatic rings. The summed E-state index contributed by atoms with van der Waals surface area (Å²) in [7, 11) is 0. The van der Waals surface area contributed by atoms with Crippen LogP contribution in [-0.4, -0.2) is 59.0 Å². The van der Waals surface area contributed by atoms with Crippen LogP contribution in [0.2, 0.25) is 0 Å². The molecule has 0 radical (unpaired) electrons. The van der Waals surface area contributed by atoms with Crippen LogP contribution in [0.4, 0.5) is 0 Å². The SMILES string of the molecule is CCCCCCCCCCCCCC(=O)O.CCCCCCCCCCCCCCCCCCN(CCO)CCO. The van der Waals surface area contributed by atoms with Crippen LogP contribution in [0, 0.1) is 0 Å². The Morgan fingerprint density at radius 3 is 0.951 bits per heavy atom. The van der Waals surface area contributed by atoms with Gasteiger partial charge in [0.1, 0.15) is 0 Å². The summed E-state index contributed by atoms with van der Waals surface area (Å²) in [6.07, 6.45) is 36.7. The lowest BCUT2D eigenvalue weighted by Crippen LogP contribution is -2.30. The maximum absolute atomic E-state index is 10.3. The van der Waals surface area contributed by atoms with Crippen molar-refractivity contribution in [1.29, 1.82) is 0 Å². The summed E-state index contributed by atoms with van der Waals surface area (Å²) in [4.78, 5) is 12.4. The molecule has 248 valence electrons. The quantitative estimate of drug-likeness (QED) is 0.0668. The number of carboxylic acid groups (broad SMARTS) is 1. The van der Waals surface area contributed by atoms with E-state index in [1.807, 2.05) is 0 Å². The summed E-state index contributed by atoms with van der Waals surface area (Å²) in [5, 5.41) is 26.4. The molecule has 41 heavy (non-hydrogen) atoms. The van der Waals surface area contributed by atoms with Crippen molar-refractivity contribution in [2.24, 2.45) is 0 Å². The summed E-state index contributed by atoms with van der Waals surface area (Å²) in [6.45, 7) is 7.32. The molecule has 5 nitrogen and oxygen atoms in total. The normalized spacial score (nSPS) is 11.1. The topological polar surface area (TPSA) is 81.0 Å². The Bertz CT molecular complexity index is 468. The number of carbonyl (C=O) groups is 1. The Morgan fingerprint density at radius 1 is 0.415 bits per heavy atom. The fourth-order valence-electron chi connectivity index (χ4n) is 5.44. The molecule has 0 bridgehead atoms. The number of rotatable bonds is 33. The van der Waals surface area contributed by atoms with E-state index in [0.29, 0.717) is 19.5 Å². The Hall–Kier alpha value is -0.650. The first-order valence-corrected chi connectivity index (χ1v) is 18.3. The van der Waals surface area contributed by atoms with Gasteiger partial charge in [0, 0.05) is 19.5 Å². The lowest BCUT2D eigenvalue weighted by atomic mass is 10.0. The van der Waals surface area contributed by atoms with Gasteiger partial charge in [0.05, 0.1) is 13.2 Å². The second-order valence-corrected chi connectivity index (χ2v) is 12.3. The van der Waals surface area contributed by atoms with Gasteiger partial charge in [-0.2, -0.15) is 0 Å². The number of aliphatic hydroxyl groups is 2. The molecule has 0 aliphatic carbocycles. The molecule has 0 aromatic heterocycles. The molecule has 0 rings (SSSR count). The summed E-state index contributed by atoms with van der Waals surface area (Å²) in [5.74, 6) is -0.657. The first kappa shape index (κ1) is 42.5. The van der Waals surface area contributed by atoms with Crippen LogP contribution in [0.5, 0.6) is 0 Å². The fourth-order valence-corrected chi connectivity index (χ4v) is 5.44. The minimum Gasteiger partial charge on any atom is -0.481 e. The van der Waals surface area contributed by atoms with Gasteiger partial charge in [-0.25, -0.2) is 0 Å².